The first-order valence-electron chi connectivity index (χ1n) is 7.96. The molecule has 6 nitrogen and oxygen atoms in total. The van der Waals surface area contributed by atoms with E-state index in [9.17, 15) is 4.79 Å². The summed E-state index contributed by atoms with van der Waals surface area (Å²) >= 11 is 12.7. The minimum atomic E-state index is -0.443. The van der Waals surface area contributed by atoms with Gasteiger partial charge in [0.05, 0.1) is 16.3 Å². The fourth-order valence-corrected chi connectivity index (χ4v) is 3.27. The van der Waals surface area contributed by atoms with Gasteiger partial charge in [-0.15, -0.1) is 0 Å². The number of carbonyl (C=O) groups excluding carboxylic acids is 1. The first kappa shape index (κ1) is 17.5. The number of nitrogens with one attached hydrogen (secondary N) is 1. The Labute approximate surface area is 164 Å². The first-order chi connectivity index (χ1) is 13.0. The molecule has 3 aromatic heterocycles. The molecule has 0 aliphatic rings. The average Bonchev–Trinajstić information content (AvgIpc) is 3.17. The van der Waals surface area contributed by atoms with Gasteiger partial charge in [0, 0.05) is 22.7 Å². The number of aryl methyl sites for hydroxylation is 1. The van der Waals surface area contributed by atoms with Crippen LogP contribution >= 0.6 is 23.2 Å². The van der Waals surface area contributed by atoms with Crippen LogP contribution in [0.2, 0.25) is 10.0 Å². The molecule has 1 aromatic carbocycles. The molecule has 4 aromatic rings. The molecule has 1 N–H and O–H groups in total. The van der Waals surface area contributed by atoms with Gasteiger partial charge in [-0.2, -0.15) is 0 Å². The molecule has 0 spiro atoms. The molecule has 0 fully saturated rings. The summed E-state index contributed by atoms with van der Waals surface area (Å²) < 4.78 is 5.15. The topological polar surface area (TPSA) is 80.9 Å². The number of furan rings is 1. The van der Waals surface area contributed by atoms with Gasteiger partial charge in [-0.05, 0) is 37.3 Å². The van der Waals surface area contributed by atoms with Crippen molar-refractivity contribution >= 4 is 46.0 Å². The Balaban J connectivity index is 1.92. The summed E-state index contributed by atoms with van der Waals surface area (Å²) in [6.07, 6.45) is 3.09. The number of carbonyl (C=O) groups is 1. The Morgan fingerprint density at radius 3 is 2.59 bits per heavy atom. The van der Waals surface area contributed by atoms with Crippen LogP contribution in [0.5, 0.6) is 0 Å². The molecular formula is C19H12Cl2N4O2. The monoisotopic (exact) mass is 398 g/mol. The van der Waals surface area contributed by atoms with Gasteiger partial charge in [0.25, 0.3) is 5.91 Å². The van der Waals surface area contributed by atoms with Gasteiger partial charge in [0.2, 0.25) is 0 Å². The first-order valence-corrected chi connectivity index (χ1v) is 8.72. The van der Waals surface area contributed by atoms with E-state index < -0.39 is 5.91 Å². The summed E-state index contributed by atoms with van der Waals surface area (Å²) in [4.78, 5) is 25.5. The third-order valence-corrected chi connectivity index (χ3v) is 4.53. The standard InChI is InChI=1S/C19H12Cl2N4O2/c1-10-22-9-11-8-12(16-13(20)4-2-5-14(16)21)18(24-17(11)23-10)25-19(26)15-6-3-7-27-15/h2-9H,1H3,(H,22,23,24,25,26). The number of aromatic nitrogens is 3. The second kappa shape index (κ2) is 6.98. The van der Waals surface area contributed by atoms with Crippen molar-refractivity contribution in [1.82, 2.24) is 15.0 Å². The summed E-state index contributed by atoms with van der Waals surface area (Å²) in [6, 6.07) is 10.2. The maximum absolute atomic E-state index is 12.5. The minimum absolute atomic E-state index is 0.159. The van der Waals surface area contributed by atoms with Crippen LogP contribution in [-0.4, -0.2) is 20.9 Å². The Morgan fingerprint density at radius 2 is 1.89 bits per heavy atom. The Hall–Kier alpha value is -2.96. The lowest BCUT2D eigenvalue weighted by Gasteiger charge is -2.13. The van der Waals surface area contributed by atoms with E-state index in [0.29, 0.717) is 38.0 Å². The second-order valence-corrected chi connectivity index (χ2v) is 6.56. The van der Waals surface area contributed by atoms with Crippen LogP contribution in [0.15, 0.2) is 53.3 Å². The van der Waals surface area contributed by atoms with Crippen LogP contribution in [0.1, 0.15) is 16.4 Å². The molecule has 27 heavy (non-hydrogen) atoms. The van der Waals surface area contributed by atoms with Gasteiger partial charge in [-0.1, -0.05) is 29.3 Å². The minimum Gasteiger partial charge on any atom is -0.459 e. The highest BCUT2D eigenvalue weighted by atomic mass is 35.5. The number of halogens is 2. The molecule has 0 bridgehead atoms. The van der Waals surface area contributed by atoms with Gasteiger partial charge in [0.1, 0.15) is 11.6 Å². The molecule has 134 valence electrons. The van der Waals surface area contributed by atoms with Gasteiger partial charge in [-0.3, -0.25) is 4.79 Å². The van der Waals surface area contributed by atoms with E-state index in [4.69, 9.17) is 27.6 Å². The molecule has 1 amide bonds. The lowest BCUT2D eigenvalue weighted by Crippen LogP contribution is -2.13. The summed E-state index contributed by atoms with van der Waals surface area (Å²) in [5, 5.41) is 4.32. The van der Waals surface area contributed by atoms with Crippen LogP contribution in [0.25, 0.3) is 22.2 Å². The summed E-state index contributed by atoms with van der Waals surface area (Å²) in [5.74, 6) is 0.563. The maximum Gasteiger partial charge on any atom is 0.292 e. The number of benzene rings is 1. The van der Waals surface area contributed by atoms with Crippen molar-refractivity contribution < 1.29 is 9.21 Å². The van der Waals surface area contributed by atoms with Crippen LogP contribution < -0.4 is 5.32 Å². The zero-order chi connectivity index (χ0) is 19.0. The van der Waals surface area contributed by atoms with E-state index in [1.807, 2.05) is 0 Å². The highest BCUT2D eigenvalue weighted by Gasteiger charge is 2.19. The number of pyridine rings is 1. The molecule has 0 radical (unpaired) electrons. The molecule has 0 aliphatic carbocycles. The van der Waals surface area contributed by atoms with Crippen molar-refractivity contribution in [3.63, 3.8) is 0 Å². The Morgan fingerprint density at radius 1 is 1.11 bits per heavy atom. The van der Waals surface area contributed by atoms with Crippen LogP contribution in [-0.2, 0) is 0 Å². The predicted molar refractivity (Wildman–Crippen MR) is 104 cm³/mol. The number of rotatable bonds is 3. The smallest absolute Gasteiger partial charge is 0.292 e. The molecule has 0 aliphatic heterocycles. The SMILES string of the molecule is Cc1ncc2cc(-c3c(Cl)cccc3Cl)c(NC(=O)c3ccco3)nc2n1. The molecule has 4 rings (SSSR count). The number of nitrogens with zero attached hydrogens (tertiary/aromatic N) is 3. The van der Waals surface area contributed by atoms with Crippen LogP contribution in [0, 0.1) is 6.92 Å². The van der Waals surface area contributed by atoms with E-state index in [1.54, 1.807) is 49.5 Å². The number of fused-ring (bicyclic) bond motifs is 1. The normalized spacial score (nSPS) is 10.9. The predicted octanol–water partition coefficient (Wildman–Crippen LogP) is 5.15. The zero-order valence-corrected chi connectivity index (χ0v) is 15.5. The summed E-state index contributed by atoms with van der Waals surface area (Å²) in [6.45, 7) is 1.76. The molecule has 0 saturated carbocycles. The fourth-order valence-electron chi connectivity index (χ4n) is 2.67. The summed E-state index contributed by atoms with van der Waals surface area (Å²) in [5.41, 5.74) is 1.57. The number of hydrogen-bond donors (Lipinski definition) is 1. The van der Waals surface area contributed by atoms with Crippen molar-refractivity contribution in [2.24, 2.45) is 0 Å². The van der Waals surface area contributed by atoms with Gasteiger partial charge >= 0.3 is 0 Å². The third-order valence-electron chi connectivity index (χ3n) is 3.90. The van der Waals surface area contributed by atoms with E-state index in [1.165, 1.54) is 6.26 Å². The molecular weight excluding hydrogens is 387 g/mol. The van der Waals surface area contributed by atoms with Gasteiger partial charge < -0.3 is 9.73 Å². The number of anilines is 1. The van der Waals surface area contributed by atoms with Crippen molar-refractivity contribution in [1.29, 1.82) is 0 Å². The van der Waals surface area contributed by atoms with Crippen molar-refractivity contribution in [3.8, 4) is 11.1 Å². The molecule has 0 unspecified atom stereocenters. The fraction of sp³-hybridized carbons (Fsp3) is 0.0526. The quantitative estimate of drug-likeness (QED) is 0.515. The lowest BCUT2D eigenvalue weighted by molar-refractivity contribution is 0.0996. The van der Waals surface area contributed by atoms with Crippen molar-refractivity contribution in [2.45, 2.75) is 6.92 Å². The van der Waals surface area contributed by atoms with E-state index >= 15 is 0 Å². The van der Waals surface area contributed by atoms with Crippen LogP contribution in [0.4, 0.5) is 5.82 Å². The average molecular weight is 399 g/mol. The van der Waals surface area contributed by atoms with E-state index in [0.717, 1.165) is 0 Å². The highest BCUT2D eigenvalue weighted by Crippen LogP contribution is 2.39. The van der Waals surface area contributed by atoms with Crippen molar-refractivity contribution in [2.75, 3.05) is 5.32 Å². The molecule has 0 atom stereocenters. The lowest BCUT2D eigenvalue weighted by atomic mass is 10.0. The Kier molecular flexibility index (Phi) is 4.51. The number of hydrogen-bond acceptors (Lipinski definition) is 5. The molecule has 0 saturated heterocycles. The largest absolute Gasteiger partial charge is 0.459 e. The van der Waals surface area contributed by atoms with Gasteiger partial charge in [0.15, 0.2) is 11.4 Å². The van der Waals surface area contributed by atoms with Crippen molar-refractivity contribution in [3.05, 3.63) is 70.5 Å². The number of amides is 1. The third kappa shape index (κ3) is 3.37. The highest BCUT2D eigenvalue weighted by molar-refractivity contribution is 6.39. The van der Waals surface area contributed by atoms with Crippen LogP contribution in [0.3, 0.4) is 0 Å². The zero-order valence-electron chi connectivity index (χ0n) is 14.0. The second-order valence-electron chi connectivity index (χ2n) is 5.74. The summed E-state index contributed by atoms with van der Waals surface area (Å²) in [7, 11) is 0. The van der Waals surface area contributed by atoms with Gasteiger partial charge in [-0.25, -0.2) is 15.0 Å². The molecule has 8 heteroatoms. The van der Waals surface area contributed by atoms with E-state index in [2.05, 4.69) is 20.3 Å². The van der Waals surface area contributed by atoms with E-state index in [-0.39, 0.29) is 11.6 Å². The molecule has 3 heterocycles. The maximum atomic E-state index is 12.5. The Bertz CT molecular complexity index is 1140.